The average Bonchev–Trinajstić information content (AvgIpc) is 2.76. The number of hydrogen-bond acceptors (Lipinski definition) is 3. The highest BCUT2D eigenvalue weighted by Crippen LogP contribution is 2.26. The van der Waals surface area contributed by atoms with Gasteiger partial charge in [0.05, 0.1) is 12.1 Å². The molecule has 0 aliphatic rings. The van der Waals surface area contributed by atoms with Crippen LogP contribution >= 0.6 is 0 Å². The normalized spacial score (nSPS) is 11.2. The van der Waals surface area contributed by atoms with Crippen LogP contribution in [0.5, 0.6) is 0 Å². The third-order valence-corrected chi connectivity index (χ3v) is 3.18. The Bertz CT molecular complexity index is 814. The van der Waals surface area contributed by atoms with Crippen molar-refractivity contribution in [2.75, 3.05) is 12.8 Å². The minimum atomic E-state index is -0.733. The highest BCUT2D eigenvalue weighted by molar-refractivity contribution is 5.81. The van der Waals surface area contributed by atoms with Crippen molar-refractivity contribution in [1.82, 2.24) is 9.55 Å². The fourth-order valence-electron chi connectivity index (χ4n) is 2.34. The summed E-state index contributed by atoms with van der Waals surface area (Å²) in [5.74, 6) is -1.30. The predicted octanol–water partition coefficient (Wildman–Crippen LogP) is 3.03. The van der Waals surface area contributed by atoms with Gasteiger partial charge in [0.25, 0.3) is 0 Å². The number of nitrogens with two attached hydrogens (primary N) is 1. The Labute approximate surface area is 119 Å². The molecular formula is C15H13F2N3O. The Morgan fingerprint density at radius 1 is 1.24 bits per heavy atom. The van der Waals surface area contributed by atoms with Crippen molar-refractivity contribution in [3.8, 4) is 5.69 Å². The monoisotopic (exact) mass is 289 g/mol. The summed E-state index contributed by atoms with van der Waals surface area (Å²) in [5.41, 5.74) is 7.80. The Morgan fingerprint density at radius 3 is 2.81 bits per heavy atom. The van der Waals surface area contributed by atoms with Crippen LogP contribution < -0.4 is 5.73 Å². The van der Waals surface area contributed by atoms with E-state index in [1.807, 2.05) is 18.2 Å². The zero-order valence-corrected chi connectivity index (χ0v) is 11.3. The quantitative estimate of drug-likeness (QED) is 0.806. The predicted molar refractivity (Wildman–Crippen MR) is 76.1 cm³/mol. The maximum Gasteiger partial charge on any atom is 0.206 e. The van der Waals surface area contributed by atoms with Gasteiger partial charge in [0, 0.05) is 24.9 Å². The molecule has 6 heteroatoms. The van der Waals surface area contributed by atoms with Crippen LogP contribution in [-0.4, -0.2) is 16.7 Å². The summed E-state index contributed by atoms with van der Waals surface area (Å²) in [6.45, 7) is 0.434. The summed E-state index contributed by atoms with van der Waals surface area (Å²) in [6, 6.07) is 9.35. The van der Waals surface area contributed by atoms with Gasteiger partial charge in [-0.15, -0.1) is 0 Å². The molecule has 1 aromatic heterocycles. The molecule has 2 N–H and O–H groups in total. The van der Waals surface area contributed by atoms with Crippen LogP contribution in [0.15, 0.2) is 36.4 Å². The molecule has 0 aliphatic carbocycles. The molecule has 0 amide bonds. The third-order valence-electron chi connectivity index (χ3n) is 3.18. The summed E-state index contributed by atoms with van der Waals surface area (Å²) in [5, 5.41) is 0. The van der Waals surface area contributed by atoms with Crippen molar-refractivity contribution in [1.29, 1.82) is 0 Å². The van der Waals surface area contributed by atoms with E-state index in [0.29, 0.717) is 17.8 Å². The molecule has 0 saturated carbocycles. The van der Waals surface area contributed by atoms with Gasteiger partial charge in [-0.25, -0.2) is 13.8 Å². The standard InChI is InChI=1S/C15H13F2N3O/c1-21-8-9-3-2-4-11(5-9)20-13-7-10(16)6-12(17)14(13)19-15(20)18/h2-7H,8H2,1H3,(H2,18,19). The van der Waals surface area contributed by atoms with Crippen molar-refractivity contribution in [3.63, 3.8) is 0 Å². The van der Waals surface area contributed by atoms with Crippen molar-refractivity contribution >= 4 is 17.0 Å². The minimum Gasteiger partial charge on any atom is -0.380 e. The number of anilines is 1. The fraction of sp³-hybridized carbons (Fsp3) is 0.133. The summed E-state index contributed by atoms with van der Waals surface area (Å²) < 4.78 is 33.8. The van der Waals surface area contributed by atoms with Gasteiger partial charge in [0.1, 0.15) is 11.3 Å². The largest absolute Gasteiger partial charge is 0.380 e. The molecule has 2 aromatic carbocycles. The number of benzene rings is 2. The topological polar surface area (TPSA) is 53.1 Å². The fourth-order valence-corrected chi connectivity index (χ4v) is 2.34. The molecule has 0 radical (unpaired) electrons. The molecule has 0 saturated heterocycles. The molecule has 0 bridgehead atoms. The molecule has 0 aliphatic heterocycles. The highest BCUT2D eigenvalue weighted by atomic mass is 19.1. The first kappa shape index (κ1) is 13.5. The molecule has 4 nitrogen and oxygen atoms in total. The van der Waals surface area contributed by atoms with Crippen molar-refractivity contribution in [2.45, 2.75) is 6.61 Å². The van der Waals surface area contributed by atoms with Gasteiger partial charge in [-0.1, -0.05) is 12.1 Å². The number of nitrogens with zero attached hydrogens (tertiary/aromatic N) is 2. The maximum atomic E-state index is 13.8. The third kappa shape index (κ3) is 2.34. The lowest BCUT2D eigenvalue weighted by Gasteiger charge is -2.08. The van der Waals surface area contributed by atoms with Crippen LogP contribution in [-0.2, 0) is 11.3 Å². The number of imidazole rings is 1. The molecule has 0 atom stereocenters. The highest BCUT2D eigenvalue weighted by Gasteiger charge is 2.15. The number of fused-ring (bicyclic) bond motifs is 1. The van der Waals surface area contributed by atoms with E-state index in [4.69, 9.17) is 10.5 Å². The molecule has 21 heavy (non-hydrogen) atoms. The van der Waals surface area contributed by atoms with Gasteiger partial charge < -0.3 is 10.5 Å². The second kappa shape index (κ2) is 5.14. The Kier molecular flexibility index (Phi) is 3.31. The summed E-state index contributed by atoms with van der Waals surface area (Å²) in [6.07, 6.45) is 0. The van der Waals surface area contributed by atoms with E-state index in [1.54, 1.807) is 13.2 Å². The van der Waals surface area contributed by atoms with Gasteiger partial charge in [-0.3, -0.25) is 4.57 Å². The number of hydrogen-bond donors (Lipinski definition) is 1. The van der Waals surface area contributed by atoms with Gasteiger partial charge in [-0.05, 0) is 17.7 Å². The molecule has 0 fully saturated rings. The first-order valence-corrected chi connectivity index (χ1v) is 6.31. The van der Waals surface area contributed by atoms with E-state index in [1.165, 1.54) is 10.6 Å². The Hall–Kier alpha value is -2.47. The summed E-state index contributed by atoms with van der Waals surface area (Å²) >= 11 is 0. The SMILES string of the molecule is COCc1cccc(-n2c(N)nc3c(F)cc(F)cc32)c1. The van der Waals surface area contributed by atoms with Crippen LogP contribution in [0.2, 0.25) is 0 Å². The van der Waals surface area contributed by atoms with Crippen LogP contribution in [0.1, 0.15) is 5.56 Å². The molecule has 0 unspecified atom stereocenters. The Balaban J connectivity index is 2.24. The van der Waals surface area contributed by atoms with E-state index in [2.05, 4.69) is 4.98 Å². The lowest BCUT2D eigenvalue weighted by Crippen LogP contribution is -2.01. The second-order valence-corrected chi connectivity index (χ2v) is 4.66. The number of nitrogen functional groups attached to an aromatic ring is 1. The smallest absolute Gasteiger partial charge is 0.206 e. The van der Waals surface area contributed by atoms with Crippen LogP contribution in [0.3, 0.4) is 0 Å². The van der Waals surface area contributed by atoms with Gasteiger partial charge in [-0.2, -0.15) is 0 Å². The second-order valence-electron chi connectivity index (χ2n) is 4.66. The van der Waals surface area contributed by atoms with Gasteiger partial charge in [0.15, 0.2) is 5.82 Å². The number of halogens is 2. The van der Waals surface area contributed by atoms with E-state index in [9.17, 15) is 8.78 Å². The minimum absolute atomic E-state index is 0.0473. The maximum absolute atomic E-state index is 13.8. The molecule has 108 valence electrons. The molecule has 1 heterocycles. The van der Waals surface area contributed by atoms with E-state index in [-0.39, 0.29) is 11.5 Å². The molecular weight excluding hydrogens is 276 g/mol. The van der Waals surface area contributed by atoms with Crippen molar-refractivity contribution in [2.24, 2.45) is 0 Å². The summed E-state index contributed by atoms with van der Waals surface area (Å²) in [4.78, 5) is 3.97. The van der Waals surface area contributed by atoms with Crippen molar-refractivity contribution < 1.29 is 13.5 Å². The van der Waals surface area contributed by atoms with Crippen molar-refractivity contribution in [3.05, 3.63) is 53.6 Å². The lowest BCUT2D eigenvalue weighted by molar-refractivity contribution is 0.185. The van der Waals surface area contributed by atoms with Crippen LogP contribution in [0.25, 0.3) is 16.7 Å². The zero-order valence-electron chi connectivity index (χ0n) is 11.3. The number of ether oxygens (including phenoxy) is 1. The summed E-state index contributed by atoms with van der Waals surface area (Å²) in [7, 11) is 1.60. The van der Waals surface area contributed by atoms with E-state index >= 15 is 0 Å². The first-order chi connectivity index (χ1) is 10.1. The van der Waals surface area contributed by atoms with Gasteiger partial charge >= 0.3 is 0 Å². The van der Waals surface area contributed by atoms with Crippen LogP contribution in [0, 0.1) is 11.6 Å². The van der Waals surface area contributed by atoms with E-state index < -0.39 is 11.6 Å². The first-order valence-electron chi connectivity index (χ1n) is 6.31. The number of aromatic nitrogens is 2. The molecule has 3 aromatic rings. The van der Waals surface area contributed by atoms with Crippen LogP contribution in [0.4, 0.5) is 14.7 Å². The van der Waals surface area contributed by atoms with Gasteiger partial charge in [0.2, 0.25) is 5.95 Å². The number of rotatable bonds is 3. The molecule has 3 rings (SSSR count). The lowest BCUT2D eigenvalue weighted by atomic mass is 10.2. The molecule has 0 spiro atoms. The van der Waals surface area contributed by atoms with E-state index in [0.717, 1.165) is 11.6 Å². The average molecular weight is 289 g/mol. The number of methoxy groups -OCH3 is 1. The Morgan fingerprint density at radius 2 is 2.05 bits per heavy atom. The zero-order chi connectivity index (χ0) is 15.0.